The molecule has 0 fully saturated rings. The monoisotopic (exact) mass is 241 g/mol. The van der Waals surface area contributed by atoms with Crippen LogP contribution in [0.3, 0.4) is 0 Å². The highest BCUT2D eigenvalue weighted by molar-refractivity contribution is 5.94. The van der Waals surface area contributed by atoms with Crippen LogP contribution in [-0.4, -0.2) is 46.3 Å². The van der Waals surface area contributed by atoms with Gasteiger partial charge in [0.25, 0.3) is 5.69 Å². The van der Waals surface area contributed by atoms with Crippen LogP contribution >= 0.6 is 0 Å². The molecule has 0 aliphatic rings. The van der Waals surface area contributed by atoms with Crippen LogP contribution in [0, 0.1) is 10.1 Å². The Morgan fingerprint density at radius 1 is 1.65 bits per heavy atom. The zero-order valence-corrected chi connectivity index (χ0v) is 9.03. The van der Waals surface area contributed by atoms with E-state index in [-0.39, 0.29) is 30.2 Å². The number of aliphatic hydroxyl groups is 1. The molecular weight excluding hydrogens is 230 g/mol. The number of aromatic nitrogens is 1. The number of carbonyl (C=O) groups is 1. The highest BCUT2D eigenvalue weighted by Gasteiger charge is 2.19. The van der Waals surface area contributed by atoms with Gasteiger partial charge in [0.2, 0.25) is 0 Å². The summed E-state index contributed by atoms with van der Waals surface area (Å²) in [5, 5.41) is 28.2. The maximum Gasteiger partial charge on any atom is 0.339 e. The molecule has 0 aliphatic heterocycles. The highest BCUT2D eigenvalue weighted by Crippen LogP contribution is 2.21. The molecule has 1 aromatic heterocycles. The summed E-state index contributed by atoms with van der Waals surface area (Å²) in [7, 11) is 1.54. The Morgan fingerprint density at radius 2 is 2.29 bits per heavy atom. The molecule has 0 unspecified atom stereocenters. The van der Waals surface area contributed by atoms with Crippen LogP contribution in [0.1, 0.15) is 10.4 Å². The second-order valence-electron chi connectivity index (χ2n) is 3.27. The number of hydrogen-bond acceptors (Lipinski definition) is 6. The minimum atomic E-state index is -1.30. The fourth-order valence-electron chi connectivity index (χ4n) is 1.26. The topological polar surface area (TPSA) is 117 Å². The Hall–Kier alpha value is -2.22. The lowest BCUT2D eigenvalue weighted by Crippen LogP contribution is -2.24. The normalized spacial score (nSPS) is 10.0. The van der Waals surface area contributed by atoms with Crippen LogP contribution in [0.2, 0.25) is 0 Å². The van der Waals surface area contributed by atoms with Gasteiger partial charge in [-0.05, 0) is 0 Å². The number of carboxylic acids is 1. The number of aliphatic hydroxyl groups excluding tert-OH is 1. The summed E-state index contributed by atoms with van der Waals surface area (Å²) in [5.41, 5.74) is -0.654. The van der Waals surface area contributed by atoms with E-state index in [1.54, 1.807) is 0 Å². The average Bonchev–Trinajstić information content (AvgIpc) is 2.28. The molecule has 1 heterocycles. The third-order valence-corrected chi connectivity index (χ3v) is 2.09. The lowest BCUT2D eigenvalue weighted by atomic mass is 10.2. The fraction of sp³-hybridized carbons (Fsp3) is 0.333. The number of anilines is 1. The van der Waals surface area contributed by atoms with E-state index in [1.165, 1.54) is 11.9 Å². The number of likely N-dealkylation sites (N-methyl/N-ethyl adjacent to an activating group) is 1. The third kappa shape index (κ3) is 2.88. The first-order valence-electron chi connectivity index (χ1n) is 4.67. The van der Waals surface area contributed by atoms with E-state index >= 15 is 0 Å². The molecule has 0 saturated carbocycles. The summed E-state index contributed by atoms with van der Waals surface area (Å²) in [6, 6.07) is 0.943. The molecule has 0 amide bonds. The largest absolute Gasteiger partial charge is 0.478 e. The first kappa shape index (κ1) is 12.8. The molecule has 8 heteroatoms. The molecule has 0 aromatic carbocycles. The zero-order chi connectivity index (χ0) is 13.0. The number of nitro groups is 1. The summed E-state index contributed by atoms with van der Waals surface area (Å²) in [6.07, 6.45) is 0.982. The standard InChI is InChI=1S/C9H11N3O5/c1-11(2-3-13)8-7(9(14)15)4-6(5-10-8)12(16)17/h4-5,13H,2-3H2,1H3,(H,14,15). The van der Waals surface area contributed by atoms with Gasteiger partial charge in [0.1, 0.15) is 17.6 Å². The van der Waals surface area contributed by atoms with E-state index in [0.29, 0.717) is 0 Å². The van der Waals surface area contributed by atoms with E-state index in [4.69, 9.17) is 10.2 Å². The number of aromatic carboxylic acids is 1. The quantitative estimate of drug-likeness (QED) is 0.555. The fourth-order valence-corrected chi connectivity index (χ4v) is 1.26. The first-order valence-corrected chi connectivity index (χ1v) is 4.67. The smallest absolute Gasteiger partial charge is 0.339 e. The van der Waals surface area contributed by atoms with Crippen LogP contribution < -0.4 is 4.90 Å². The third-order valence-electron chi connectivity index (χ3n) is 2.09. The molecule has 0 saturated heterocycles. The molecule has 1 rings (SSSR count). The van der Waals surface area contributed by atoms with E-state index in [9.17, 15) is 14.9 Å². The lowest BCUT2D eigenvalue weighted by Gasteiger charge is -2.18. The summed E-state index contributed by atoms with van der Waals surface area (Å²) in [5.74, 6) is -1.22. The Kier molecular flexibility index (Phi) is 3.94. The summed E-state index contributed by atoms with van der Waals surface area (Å²) >= 11 is 0. The van der Waals surface area contributed by atoms with E-state index in [1.807, 2.05) is 0 Å². The molecule has 8 nitrogen and oxygen atoms in total. The number of carboxylic acid groups (broad SMARTS) is 1. The second kappa shape index (κ2) is 5.21. The van der Waals surface area contributed by atoms with Crippen molar-refractivity contribution in [2.24, 2.45) is 0 Å². The van der Waals surface area contributed by atoms with Gasteiger partial charge in [0, 0.05) is 19.7 Å². The minimum Gasteiger partial charge on any atom is -0.478 e. The molecule has 0 bridgehead atoms. The van der Waals surface area contributed by atoms with E-state index in [0.717, 1.165) is 12.3 Å². The molecule has 17 heavy (non-hydrogen) atoms. The van der Waals surface area contributed by atoms with Crippen LogP contribution in [0.15, 0.2) is 12.3 Å². The van der Waals surface area contributed by atoms with Gasteiger partial charge in [-0.25, -0.2) is 9.78 Å². The van der Waals surface area contributed by atoms with Crippen molar-refractivity contribution in [2.45, 2.75) is 0 Å². The van der Waals surface area contributed by atoms with Crippen LogP contribution in [-0.2, 0) is 0 Å². The molecule has 0 atom stereocenters. The van der Waals surface area contributed by atoms with Crippen LogP contribution in [0.4, 0.5) is 11.5 Å². The minimum absolute atomic E-state index is 0.0807. The van der Waals surface area contributed by atoms with Gasteiger partial charge in [-0.3, -0.25) is 10.1 Å². The molecule has 0 spiro atoms. The zero-order valence-electron chi connectivity index (χ0n) is 9.03. The predicted molar refractivity (Wildman–Crippen MR) is 58.2 cm³/mol. The summed E-state index contributed by atoms with van der Waals surface area (Å²) in [6.45, 7) is 0.0132. The van der Waals surface area contributed by atoms with Gasteiger partial charge >= 0.3 is 5.97 Å². The van der Waals surface area contributed by atoms with Crippen molar-refractivity contribution >= 4 is 17.5 Å². The maximum atomic E-state index is 11.0. The Balaban J connectivity index is 3.22. The summed E-state index contributed by atoms with van der Waals surface area (Å²) < 4.78 is 0. The molecular formula is C9H11N3O5. The number of rotatable bonds is 5. The summed E-state index contributed by atoms with van der Waals surface area (Å²) in [4.78, 5) is 25.9. The van der Waals surface area contributed by atoms with Crippen LogP contribution in [0.5, 0.6) is 0 Å². The second-order valence-corrected chi connectivity index (χ2v) is 3.27. The number of hydrogen-bond donors (Lipinski definition) is 2. The van der Waals surface area contributed by atoms with Crippen molar-refractivity contribution in [1.29, 1.82) is 0 Å². The predicted octanol–water partition coefficient (Wildman–Crippen LogP) is 0.116. The number of nitrogens with zero attached hydrogens (tertiary/aromatic N) is 3. The number of pyridine rings is 1. The van der Waals surface area contributed by atoms with Gasteiger partial charge in [-0.1, -0.05) is 0 Å². The van der Waals surface area contributed by atoms with Crippen molar-refractivity contribution in [3.05, 3.63) is 27.9 Å². The highest BCUT2D eigenvalue weighted by atomic mass is 16.6. The Morgan fingerprint density at radius 3 is 2.76 bits per heavy atom. The van der Waals surface area contributed by atoms with Gasteiger partial charge in [0.15, 0.2) is 0 Å². The van der Waals surface area contributed by atoms with Gasteiger partial charge in [-0.15, -0.1) is 0 Å². The van der Waals surface area contributed by atoms with E-state index in [2.05, 4.69) is 4.98 Å². The van der Waals surface area contributed by atoms with Crippen molar-refractivity contribution < 1.29 is 19.9 Å². The van der Waals surface area contributed by atoms with Gasteiger partial charge < -0.3 is 15.1 Å². The first-order chi connectivity index (χ1) is 7.97. The Labute approximate surface area is 96.3 Å². The van der Waals surface area contributed by atoms with Crippen molar-refractivity contribution in [3.63, 3.8) is 0 Å². The molecule has 0 radical (unpaired) electrons. The molecule has 2 N–H and O–H groups in total. The molecule has 0 aliphatic carbocycles. The lowest BCUT2D eigenvalue weighted by molar-refractivity contribution is -0.385. The molecule has 92 valence electrons. The van der Waals surface area contributed by atoms with Crippen LogP contribution in [0.25, 0.3) is 0 Å². The maximum absolute atomic E-state index is 11.0. The van der Waals surface area contributed by atoms with Crippen molar-refractivity contribution in [3.8, 4) is 0 Å². The van der Waals surface area contributed by atoms with E-state index < -0.39 is 10.9 Å². The van der Waals surface area contributed by atoms with Gasteiger partial charge in [-0.2, -0.15) is 0 Å². The Bertz CT molecular complexity index is 448. The van der Waals surface area contributed by atoms with Gasteiger partial charge in [0.05, 0.1) is 11.5 Å². The average molecular weight is 241 g/mol. The van der Waals surface area contributed by atoms with Crippen molar-refractivity contribution in [1.82, 2.24) is 4.98 Å². The molecule has 1 aromatic rings. The van der Waals surface area contributed by atoms with Crippen molar-refractivity contribution in [2.75, 3.05) is 25.1 Å². The SMILES string of the molecule is CN(CCO)c1ncc([N+](=O)[O-])cc1C(=O)O.